The number of nitrogens with two attached hydrogens (primary N) is 1. The van der Waals surface area contributed by atoms with Gasteiger partial charge in [0.05, 0.1) is 12.6 Å². The van der Waals surface area contributed by atoms with E-state index in [9.17, 15) is 17.6 Å². The van der Waals surface area contributed by atoms with Gasteiger partial charge in [-0.2, -0.15) is 8.78 Å². The van der Waals surface area contributed by atoms with Crippen LogP contribution in [0.2, 0.25) is 0 Å². The summed E-state index contributed by atoms with van der Waals surface area (Å²) in [6.45, 7) is 4.16. The van der Waals surface area contributed by atoms with E-state index in [1.54, 1.807) is 0 Å². The lowest BCUT2D eigenvalue weighted by Gasteiger charge is -2.19. The van der Waals surface area contributed by atoms with Gasteiger partial charge in [0.25, 0.3) is 0 Å². The summed E-state index contributed by atoms with van der Waals surface area (Å²) in [7, 11) is 0. The first-order valence-electron chi connectivity index (χ1n) is 6.22. The van der Waals surface area contributed by atoms with Crippen molar-refractivity contribution in [2.24, 2.45) is 5.73 Å². The van der Waals surface area contributed by atoms with E-state index in [-0.39, 0.29) is 6.61 Å². The Morgan fingerprint density at radius 3 is 2.20 bits per heavy atom. The molecular weight excluding hydrogens is 274 g/mol. The second-order valence-electron chi connectivity index (χ2n) is 4.98. The van der Waals surface area contributed by atoms with Crippen molar-refractivity contribution >= 4 is 0 Å². The minimum absolute atomic E-state index is 0.231. The largest absolute Gasteiger partial charge is 0.373 e. The van der Waals surface area contributed by atoms with Gasteiger partial charge in [0, 0.05) is 0 Å². The van der Waals surface area contributed by atoms with Crippen LogP contribution in [-0.2, 0) is 4.74 Å². The van der Waals surface area contributed by atoms with E-state index >= 15 is 0 Å². The van der Waals surface area contributed by atoms with Crippen LogP contribution in [-0.4, -0.2) is 25.6 Å². The maximum absolute atomic E-state index is 12.7. The van der Waals surface area contributed by atoms with Crippen molar-refractivity contribution in [2.45, 2.75) is 39.2 Å². The number of hydrogen-bond donors (Lipinski definition) is 1. The second kappa shape index (κ2) is 6.54. The van der Waals surface area contributed by atoms with Crippen LogP contribution in [0.3, 0.4) is 0 Å². The average molecular weight is 293 g/mol. The van der Waals surface area contributed by atoms with Gasteiger partial charge in [0.2, 0.25) is 0 Å². The van der Waals surface area contributed by atoms with Crippen LogP contribution >= 0.6 is 0 Å². The van der Waals surface area contributed by atoms with Gasteiger partial charge in [-0.3, -0.25) is 0 Å². The van der Waals surface area contributed by atoms with Gasteiger partial charge >= 0.3 is 12.3 Å². The van der Waals surface area contributed by atoms with Crippen LogP contribution in [0.25, 0.3) is 0 Å². The third kappa shape index (κ3) is 4.18. The van der Waals surface area contributed by atoms with Crippen molar-refractivity contribution in [1.82, 2.24) is 0 Å². The molecular formula is C14H19F4NO. The first-order chi connectivity index (χ1) is 9.15. The monoisotopic (exact) mass is 293 g/mol. The molecule has 0 bridgehead atoms. The number of benzene rings is 1. The van der Waals surface area contributed by atoms with E-state index in [1.807, 2.05) is 32.9 Å². The van der Waals surface area contributed by atoms with Crippen molar-refractivity contribution < 1.29 is 22.3 Å². The van der Waals surface area contributed by atoms with Crippen LogP contribution in [0.4, 0.5) is 17.6 Å². The fraction of sp³-hybridized carbons (Fsp3) is 0.571. The Hall–Kier alpha value is -1.14. The van der Waals surface area contributed by atoms with Crippen molar-refractivity contribution in [2.75, 3.05) is 13.2 Å². The molecule has 20 heavy (non-hydrogen) atoms. The molecule has 6 heteroatoms. The quantitative estimate of drug-likeness (QED) is 0.814. The van der Waals surface area contributed by atoms with E-state index in [0.29, 0.717) is 0 Å². The van der Waals surface area contributed by atoms with Crippen LogP contribution in [0.15, 0.2) is 12.1 Å². The predicted octanol–water partition coefficient (Wildman–Crippen LogP) is 3.53. The summed E-state index contributed by atoms with van der Waals surface area (Å²) >= 11 is 0. The minimum atomic E-state index is -4.14. The molecule has 0 aliphatic rings. The molecule has 0 aliphatic carbocycles. The van der Waals surface area contributed by atoms with Gasteiger partial charge in [0.15, 0.2) is 0 Å². The Morgan fingerprint density at radius 1 is 1.10 bits per heavy atom. The van der Waals surface area contributed by atoms with E-state index in [4.69, 9.17) is 5.73 Å². The maximum Gasteiger partial charge on any atom is 0.330 e. The molecule has 0 spiro atoms. The summed E-state index contributed by atoms with van der Waals surface area (Å²) < 4.78 is 53.9. The molecule has 0 saturated heterocycles. The molecule has 114 valence electrons. The van der Waals surface area contributed by atoms with Crippen LogP contribution in [0.1, 0.15) is 28.3 Å². The van der Waals surface area contributed by atoms with Gasteiger partial charge in [-0.25, -0.2) is 8.78 Å². The highest BCUT2D eigenvalue weighted by Crippen LogP contribution is 2.24. The van der Waals surface area contributed by atoms with Crippen molar-refractivity contribution in [3.63, 3.8) is 0 Å². The maximum atomic E-state index is 12.7. The molecule has 0 fully saturated rings. The Morgan fingerprint density at radius 2 is 1.65 bits per heavy atom. The number of hydrogen-bond acceptors (Lipinski definition) is 2. The number of ether oxygens (including phenoxy) is 1. The van der Waals surface area contributed by atoms with Gasteiger partial charge in [-0.05, 0) is 43.0 Å². The number of halogens is 4. The Balaban J connectivity index is 2.64. The zero-order chi connectivity index (χ0) is 15.5. The molecule has 0 amide bonds. The lowest BCUT2D eigenvalue weighted by Crippen LogP contribution is -2.33. The lowest BCUT2D eigenvalue weighted by atomic mass is 9.96. The second-order valence-corrected chi connectivity index (χ2v) is 4.98. The van der Waals surface area contributed by atoms with E-state index in [2.05, 4.69) is 4.74 Å². The first kappa shape index (κ1) is 16.9. The number of alkyl halides is 4. The predicted molar refractivity (Wildman–Crippen MR) is 69.4 cm³/mol. The average Bonchev–Trinajstić information content (AvgIpc) is 2.33. The zero-order valence-electron chi connectivity index (χ0n) is 11.7. The highest BCUT2D eigenvalue weighted by atomic mass is 19.3. The first-order valence-corrected chi connectivity index (χ1v) is 6.22. The molecule has 0 radical (unpaired) electrons. The summed E-state index contributed by atoms with van der Waals surface area (Å²) in [5.74, 6) is -4.14. The van der Waals surface area contributed by atoms with E-state index in [0.717, 1.165) is 22.3 Å². The molecule has 0 saturated carbocycles. The standard InChI is InChI=1S/C14H19F4NO/c1-8-4-10(3)11(5-9(8)2)12(19)6-20-7-14(17,18)13(15)16/h4-5,12-13H,6-7,19H2,1-3H3. The summed E-state index contributed by atoms with van der Waals surface area (Å²) in [6.07, 6.45) is -3.73. The van der Waals surface area contributed by atoms with Gasteiger partial charge in [0.1, 0.15) is 6.61 Å². The SMILES string of the molecule is Cc1cc(C)c(C(N)COCC(F)(F)C(F)F)cc1C. The molecule has 2 N–H and O–H groups in total. The van der Waals surface area contributed by atoms with Gasteiger partial charge in [-0.15, -0.1) is 0 Å². The summed E-state index contributed by atoms with van der Waals surface area (Å²) in [6, 6.07) is 3.19. The Kier molecular flexibility index (Phi) is 5.53. The van der Waals surface area contributed by atoms with Gasteiger partial charge in [-0.1, -0.05) is 12.1 Å². The minimum Gasteiger partial charge on any atom is -0.373 e. The Labute approximate surface area is 115 Å². The normalized spacial score (nSPS) is 13.8. The van der Waals surface area contributed by atoms with Crippen LogP contribution in [0.5, 0.6) is 0 Å². The highest BCUT2D eigenvalue weighted by Gasteiger charge is 2.41. The summed E-state index contributed by atoms with van der Waals surface area (Å²) in [5.41, 5.74) is 9.68. The molecule has 1 rings (SSSR count). The zero-order valence-corrected chi connectivity index (χ0v) is 11.7. The van der Waals surface area contributed by atoms with Crippen molar-refractivity contribution in [3.8, 4) is 0 Å². The fourth-order valence-electron chi connectivity index (χ4n) is 1.86. The molecule has 0 aromatic heterocycles. The third-order valence-electron chi connectivity index (χ3n) is 3.19. The topological polar surface area (TPSA) is 35.2 Å². The highest BCUT2D eigenvalue weighted by molar-refractivity contribution is 5.38. The van der Waals surface area contributed by atoms with Crippen LogP contribution in [0, 0.1) is 20.8 Å². The Bertz CT molecular complexity index is 463. The van der Waals surface area contributed by atoms with Crippen molar-refractivity contribution in [3.05, 3.63) is 34.4 Å². The van der Waals surface area contributed by atoms with Crippen molar-refractivity contribution in [1.29, 1.82) is 0 Å². The summed E-state index contributed by atoms with van der Waals surface area (Å²) in [4.78, 5) is 0. The van der Waals surface area contributed by atoms with Gasteiger partial charge < -0.3 is 10.5 Å². The summed E-state index contributed by atoms with van der Waals surface area (Å²) in [5, 5.41) is 0. The molecule has 2 nitrogen and oxygen atoms in total. The third-order valence-corrected chi connectivity index (χ3v) is 3.19. The molecule has 1 aromatic carbocycles. The lowest BCUT2D eigenvalue weighted by molar-refractivity contribution is -0.166. The smallest absolute Gasteiger partial charge is 0.330 e. The number of rotatable bonds is 6. The fourth-order valence-corrected chi connectivity index (χ4v) is 1.86. The van der Waals surface area contributed by atoms with E-state index < -0.39 is 25.0 Å². The molecule has 0 heterocycles. The van der Waals surface area contributed by atoms with E-state index in [1.165, 1.54) is 0 Å². The molecule has 1 aromatic rings. The molecule has 1 unspecified atom stereocenters. The molecule has 0 aliphatic heterocycles. The molecule has 1 atom stereocenters. The van der Waals surface area contributed by atoms with Crippen LogP contribution < -0.4 is 5.73 Å². The number of aryl methyl sites for hydroxylation is 3.